The van der Waals surface area contributed by atoms with Gasteiger partial charge in [-0.15, -0.1) is 5.10 Å². The summed E-state index contributed by atoms with van der Waals surface area (Å²) in [7, 11) is 2.98. The van der Waals surface area contributed by atoms with Gasteiger partial charge in [-0.2, -0.15) is 5.10 Å². The molecule has 0 bridgehead atoms. The summed E-state index contributed by atoms with van der Waals surface area (Å²) in [5, 5.41) is 20.3. The number of nitrogens with zero attached hydrogens (tertiary/aromatic N) is 2. The fraction of sp³-hybridized carbons (Fsp3) is 0.190. The number of aliphatic carboxylic acids is 1. The van der Waals surface area contributed by atoms with Gasteiger partial charge in [0.15, 0.2) is 16.7 Å². The highest BCUT2D eigenvalue weighted by Gasteiger charge is 2.30. The average Bonchev–Trinajstić information content (AvgIpc) is 3.12. The van der Waals surface area contributed by atoms with Gasteiger partial charge in [0.1, 0.15) is 5.75 Å². The van der Waals surface area contributed by atoms with E-state index in [-0.39, 0.29) is 10.9 Å². The maximum absolute atomic E-state index is 12.5. The van der Waals surface area contributed by atoms with E-state index in [1.54, 1.807) is 42.5 Å². The lowest BCUT2D eigenvalue weighted by Gasteiger charge is -2.10. The summed E-state index contributed by atoms with van der Waals surface area (Å²) in [6.07, 6.45) is 0.969. The zero-order valence-electron chi connectivity index (χ0n) is 17.1. The summed E-state index contributed by atoms with van der Waals surface area (Å²) in [4.78, 5) is 34.8. The molecular weight excluding hydrogens is 438 g/mol. The predicted octanol–water partition coefficient (Wildman–Crippen LogP) is 0.984. The Kier molecular flexibility index (Phi) is 7.45. The number of rotatable bonds is 8. The number of carboxylic acids is 1. The number of esters is 1. The van der Waals surface area contributed by atoms with E-state index in [0.717, 1.165) is 11.8 Å². The van der Waals surface area contributed by atoms with Gasteiger partial charge in [-0.25, -0.2) is 4.79 Å². The molecule has 1 fully saturated rings. The summed E-state index contributed by atoms with van der Waals surface area (Å²) in [5.74, 6) is -1.23. The summed E-state index contributed by atoms with van der Waals surface area (Å²) in [5.41, 5.74) is 0.881. The van der Waals surface area contributed by atoms with Crippen LogP contribution in [0.3, 0.4) is 0 Å². The average molecular weight is 456 g/mol. The van der Waals surface area contributed by atoms with E-state index in [9.17, 15) is 19.5 Å². The molecule has 32 heavy (non-hydrogen) atoms. The van der Waals surface area contributed by atoms with E-state index < -0.39 is 29.5 Å². The van der Waals surface area contributed by atoms with Crippen LogP contribution in [0.5, 0.6) is 17.2 Å². The van der Waals surface area contributed by atoms with Gasteiger partial charge < -0.3 is 29.4 Å². The zero-order chi connectivity index (χ0) is 23.1. The van der Waals surface area contributed by atoms with E-state index in [1.807, 2.05) is 0 Å². The Labute approximate surface area is 187 Å². The van der Waals surface area contributed by atoms with Crippen molar-refractivity contribution in [3.8, 4) is 17.2 Å². The fourth-order valence-electron chi connectivity index (χ4n) is 2.63. The summed E-state index contributed by atoms with van der Waals surface area (Å²) in [6.45, 7) is 0. The van der Waals surface area contributed by atoms with Gasteiger partial charge in [-0.05, 0) is 48.0 Å². The lowest BCUT2D eigenvalue weighted by atomic mass is 10.2. The minimum absolute atomic E-state index is 0.178. The van der Waals surface area contributed by atoms with Crippen LogP contribution in [0.15, 0.2) is 52.7 Å². The number of carbonyl (C=O) groups excluding carboxylic acids is 3. The van der Waals surface area contributed by atoms with Crippen molar-refractivity contribution in [2.24, 2.45) is 10.2 Å². The molecule has 10 nitrogen and oxygen atoms in total. The van der Waals surface area contributed by atoms with Crippen LogP contribution >= 0.6 is 11.8 Å². The van der Waals surface area contributed by atoms with Gasteiger partial charge in [0.25, 0.3) is 0 Å². The molecule has 1 heterocycles. The molecule has 2 aromatic rings. The molecule has 2 aromatic carbocycles. The van der Waals surface area contributed by atoms with Crippen molar-refractivity contribution >= 4 is 41.0 Å². The number of carbonyl (C=O) groups is 3. The number of amidine groups is 1. The molecule has 0 aliphatic carbocycles. The van der Waals surface area contributed by atoms with Crippen molar-refractivity contribution in [3.63, 3.8) is 0 Å². The van der Waals surface area contributed by atoms with Crippen molar-refractivity contribution in [1.82, 2.24) is 5.32 Å². The van der Waals surface area contributed by atoms with Crippen molar-refractivity contribution in [1.29, 1.82) is 0 Å². The molecule has 3 rings (SSSR count). The van der Waals surface area contributed by atoms with Crippen LogP contribution in [0, 0.1) is 0 Å². The molecule has 1 amide bonds. The van der Waals surface area contributed by atoms with Gasteiger partial charge in [0.05, 0.1) is 31.2 Å². The molecule has 0 spiro atoms. The Morgan fingerprint density at radius 1 is 1.12 bits per heavy atom. The van der Waals surface area contributed by atoms with Gasteiger partial charge in [0, 0.05) is 12.4 Å². The number of carboxylic acid groups (broad SMARTS) is 1. The van der Waals surface area contributed by atoms with Crippen LogP contribution in [0.1, 0.15) is 22.3 Å². The summed E-state index contributed by atoms with van der Waals surface area (Å²) in [6, 6.07) is 11.3. The molecule has 0 radical (unpaired) electrons. The molecule has 1 atom stereocenters. The van der Waals surface area contributed by atoms with Gasteiger partial charge in [-0.1, -0.05) is 11.8 Å². The number of thioether (sulfide) groups is 1. The minimum Gasteiger partial charge on any atom is -0.550 e. The second-order valence-corrected chi connectivity index (χ2v) is 7.54. The first-order chi connectivity index (χ1) is 15.4. The van der Waals surface area contributed by atoms with E-state index in [1.165, 1.54) is 20.4 Å². The smallest absolute Gasteiger partial charge is 0.343 e. The molecular formula is C21H18N3O7S-. The Bertz CT molecular complexity index is 1080. The molecule has 0 unspecified atom stereocenters. The number of methoxy groups -OCH3 is 2. The van der Waals surface area contributed by atoms with Crippen LogP contribution < -0.4 is 24.6 Å². The SMILES string of the molecule is COc1ccc(C(=O)Oc2cc(/C=N\N=C3\NC(=O)[C@H](CC(=O)[O-])S3)ccc2OC)cc1. The first-order valence-electron chi connectivity index (χ1n) is 9.22. The third-order valence-electron chi connectivity index (χ3n) is 4.20. The molecule has 1 aliphatic heterocycles. The predicted molar refractivity (Wildman–Crippen MR) is 115 cm³/mol. The van der Waals surface area contributed by atoms with E-state index in [2.05, 4.69) is 15.5 Å². The van der Waals surface area contributed by atoms with Crippen LogP contribution in [0.4, 0.5) is 0 Å². The third kappa shape index (κ3) is 5.85. The van der Waals surface area contributed by atoms with Crippen molar-refractivity contribution in [2.75, 3.05) is 14.2 Å². The highest BCUT2D eigenvalue weighted by molar-refractivity contribution is 8.15. The number of nitrogens with one attached hydrogen (secondary N) is 1. The van der Waals surface area contributed by atoms with Gasteiger partial charge in [0.2, 0.25) is 5.91 Å². The van der Waals surface area contributed by atoms with Crippen molar-refractivity contribution < 1.29 is 33.7 Å². The Balaban J connectivity index is 1.71. The molecule has 1 aliphatic rings. The summed E-state index contributed by atoms with van der Waals surface area (Å²) < 4.78 is 15.8. The number of ether oxygens (including phenoxy) is 3. The number of amides is 1. The topological polar surface area (TPSA) is 139 Å². The Morgan fingerprint density at radius 2 is 1.88 bits per heavy atom. The Hall–Kier alpha value is -3.86. The highest BCUT2D eigenvalue weighted by atomic mass is 32.2. The lowest BCUT2D eigenvalue weighted by molar-refractivity contribution is -0.305. The highest BCUT2D eigenvalue weighted by Crippen LogP contribution is 2.29. The van der Waals surface area contributed by atoms with E-state index in [0.29, 0.717) is 22.6 Å². The number of hydrogen-bond acceptors (Lipinski definition) is 10. The molecule has 1 N–H and O–H groups in total. The van der Waals surface area contributed by atoms with Gasteiger partial charge in [-0.3, -0.25) is 4.79 Å². The van der Waals surface area contributed by atoms with Crippen LogP contribution in [-0.4, -0.2) is 48.7 Å². The maximum Gasteiger partial charge on any atom is 0.343 e. The maximum atomic E-state index is 12.5. The number of hydrogen-bond donors (Lipinski definition) is 1. The van der Waals surface area contributed by atoms with Gasteiger partial charge >= 0.3 is 5.97 Å². The van der Waals surface area contributed by atoms with Crippen molar-refractivity contribution in [3.05, 3.63) is 53.6 Å². The minimum atomic E-state index is -1.32. The monoisotopic (exact) mass is 456 g/mol. The fourth-order valence-corrected chi connectivity index (χ4v) is 3.53. The largest absolute Gasteiger partial charge is 0.550 e. The second kappa shape index (κ2) is 10.4. The standard InChI is InChI=1S/C21H19N3O7S/c1-29-14-6-4-13(5-7-14)20(28)31-16-9-12(3-8-15(16)30-2)11-22-24-21-23-19(27)17(32-21)10-18(25)26/h3-9,11,17H,10H2,1-2H3,(H,25,26)(H,23,24,27)/p-1/b22-11-/t17-/m0/s1. The van der Waals surface area contributed by atoms with Crippen molar-refractivity contribution in [2.45, 2.75) is 11.7 Å². The lowest BCUT2D eigenvalue weighted by Crippen LogP contribution is -2.31. The normalized spacial score (nSPS) is 16.8. The molecule has 0 saturated carbocycles. The first-order valence-corrected chi connectivity index (χ1v) is 10.1. The molecule has 166 valence electrons. The molecule has 0 aromatic heterocycles. The molecule has 1 saturated heterocycles. The zero-order valence-corrected chi connectivity index (χ0v) is 17.9. The second-order valence-electron chi connectivity index (χ2n) is 6.35. The summed E-state index contributed by atoms with van der Waals surface area (Å²) >= 11 is 0.957. The Morgan fingerprint density at radius 3 is 2.53 bits per heavy atom. The number of benzene rings is 2. The van der Waals surface area contributed by atoms with E-state index in [4.69, 9.17) is 14.2 Å². The third-order valence-corrected chi connectivity index (χ3v) is 5.27. The molecule has 11 heteroatoms. The van der Waals surface area contributed by atoms with E-state index >= 15 is 0 Å². The van der Waals surface area contributed by atoms with Crippen LogP contribution in [-0.2, 0) is 9.59 Å². The van der Waals surface area contributed by atoms with Crippen LogP contribution in [0.2, 0.25) is 0 Å². The van der Waals surface area contributed by atoms with Crippen LogP contribution in [0.25, 0.3) is 0 Å². The first kappa shape index (κ1) is 22.8. The quantitative estimate of drug-likeness (QED) is 0.268.